The van der Waals surface area contributed by atoms with Gasteiger partial charge in [-0.05, 0) is 37.1 Å². The summed E-state index contributed by atoms with van der Waals surface area (Å²) >= 11 is 0. The minimum atomic E-state index is -1.11. The molecule has 0 aliphatic carbocycles. The fraction of sp³-hybridized carbons (Fsp3) is 0.211. The first-order chi connectivity index (χ1) is 12.1. The second-order valence-electron chi connectivity index (χ2n) is 5.89. The van der Waals surface area contributed by atoms with Crippen LogP contribution in [0, 0.1) is 6.92 Å². The zero-order valence-electron chi connectivity index (χ0n) is 13.9. The molecule has 6 heteroatoms. The van der Waals surface area contributed by atoms with Crippen LogP contribution in [-0.2, 0) is 6.54 Å². The van der Waals surface area contributed by atoms with Crippen LogP contribution < -0.4 is 5.32 Å². The molecule has 1 heterocycles. The Kier molecular flexibility index (Phi) is 4.79. The Labute approximate surface area is 145 Å². The third kappa shape index (κ3) is 3.68. The van der Waals surface area contributed by atoms with E-state index in [0.29, 0.717) is 19.5 Å². The lowest BCUT2D eigenvalue weighted by Crippen LogP contribution is -2.27. The summed E-state index contributed by atoms with van der Waals surface area (Å²) in [5, 5.41) is 17.4. The molecule has 0 aliphatic heterocycles. The molecule has 3 aromatic rings. The molecule has 0 aliphatic rings. The van der Waals surface area contributed by atoms with Crippen molar-refractivity contribution < 1.29 is 14.7 Å². The van der Waals surface area contributed by atoms with Gasteiger partial charge in [-0.2, -0.15) is 5.10 Å². The maximum Gasteiger partial charge on any atom is 0.336 e. The lowest BCUT2D eigenvalue weighted by molar-refractivity contribution is 0.0691. The van der Waals surface area contributed by atoms with Gasteiger partial charge >= 0.3 is 5.97 Å². The van der Waals surface area contributed by atoms with Gasteiger partial charge in [0.15, 0.2) is 0 Å². The van der Waals surface area contributed by atoms with Crippen molar-refractivity contribution in [2.45, 2.75) is 19.9 Å². The molecule has 0 bridgehead atoms. The number of nitrogens with zero attached hydrogens (tertiary/aromatic N) is 2. The zero-order valence-corrected chi connectivity index (χ0v) is 13.9. The summed E-state index contributed by atoms with van der Waals surface area (Å²) in [5.74, 6) is -1.48. The quantitative estimate of drug-likeness (QED) is 0.678. The van der Waals surface area contributed by atoms with Crippen molar-refractivity contribution in [1.82, 2.24) is 15.1 Å². The second kappa shape index (κ2) is 7.17. The molecular formula is C19H19N3O3. The fourth-order valence-electron chi connectivity index (χ4n) is 2.75. The lowest BCUT2D eigenvalue weighted by Gasteiger charge is -2.08. The van der Waals surface area contributed by atoms with E-state index in [1.807, 2.05) is 23.9 Å². The SMILES string of the molecule is Cc1ccc2cnn(CCCNC(=O)c3ccccc3C(=O)O)c2c1. The Morgan fingerprint density at radius 3 is 2.68 bits per heavy atom. The molecule has 0 spiro atoms. The van der Waals surface area contributed by atoms with Gasteiger partial charge in [0.05, 0.1) is 22.8 Å². The van der Waals surface area contributed by atoms with Crippen molar-refractivity contribution in [3.63, 3.8) is 0 Å². The van der Waals surface area contributed by atoms with Gasteiger partial charge in [0.2, 0.25) is 0 Å². The number of aromatic nitrogens is 2. The minimum Gasteiger partial charge on any atom is -0.478 e. The molecule has 25 heavy (non-hydrogen) atoms. The zero-order chi connectivity index (χ0) is 17.8. The van der Waals surface area contributed by atoms with Crippen molar-refractivity contribution in [1.29, 1.82) is 0 Å². The smallest absolute Gasteiger partial charge is 0.336 e. The molecule has 0 radical (unpaired) electrons. The lowest BCUT2D eigenvalue weighted by atomic mass is 10.1. The normalized spacial score (nSPS) is 10.8. The number of rotatable bonds is 6. The number of nitrogens with one attached hydrogen (secondary N) is 1. The van der Waals surface area contributed by atoms with Crippen LogP contribution in [0.15, 0.2) is 48.7 Å². The number of hydrogen-bond donors (Lipinski definition) is 2. The first-order valence-corrected chi connectivity index (χ1v) is 8.09. The number of aryl methyl sites for hydroxylation is 2. The largest absolute Gasteiger partial charge is 0.478 e. The predicted molar refractivity (Wildman–Crippen MR) is 94.8 cm³/mol. The predicted octanol–water partition coefficient (Wildman–Crippen LogP) is 2.86. The highest BCUT2D eigenvalue weighted by Crippen LogP contribution is 2.15. The van der Waals surface area contributed by atoms with Gasteiger partial charge in [-0.3, -0.25) is 9.48 Å². The Bertz CT molecular complexity index is 931. The second-order valence-corrected chi connectivity index (χ2v) is 5.89. The first kappa shape index (κ1) is 16.7. The number of carboxylic acids is 1. The highest BCUT2D eigenvalue weighted by atomic mass is 16.4. The van der Waals surface area contributed by atoms with Crippen molar-refractivity contribution in [2.24, 2.45) is 0 Å². The Hall–Kier alpha value is -3.15. The van der Waals surface area contributed by atoms with E-state index in [-0.39, 0.29) is 17.0 Å². The summed E-state index contributed by atoms with van der Waals surface area (Å²) in [6.45, 7) is 3.16. The summed E-state index contributed by atoms with van der Waals surface area (Å²) in [7, 11) is 0. The van der Waals surface area contributed by atoms with Gasteiger partial charge in [0.25, 0.3) is 5.91 Å². The third-order valence-electron chi connectivity index (χ3n) is 4.03. The topological polar surface area (TPSA) is 84.2 Å². The van der Waals surface area contributed by atoms with E-state index in [9.17, 15) is 9.59 Å². The van der Waals surface area contributed by atoms with Crippen LogP contribution >= 0.6 is 0 Å². The van der Waals surface area contributed by atoms with Gasteiger partial charge in [-0.15, -0.1) is 0 Å². The van der Waals surface area contributed by atoms with Crippen molar-refractivity contribution in [2.75, 3.05) is 6.54 Å². The molecular weight excluding hydrogens is 318 g/mol. The van der Waals surface area contributed by atoms with E-state index >= 15 is 0 Å². The molecule has 6 nitrogen and oxygen atoms in total. The molecule has 0 saturated heterocycles. The minimum absolute atomic E-state index is 0.00791. The van der Waals surface area contributed by atoms with E-state index < -0.39 is 5.97 Å². The van der Waals surface area contributed by atoms with Crippen LogP contribution in [0.2, 0.25) is 0 Å². The van der Waals surface area contributed by atoms with Crippen LogP contribution in [0.3, 0.4) is 0 Å². The molecule has 2 aromatic carbocycles. The van der Waals surface area contributed by atoms with Crippen LogP contribution in [0.5, 0.6) is 0 Å². The maximum absolute atomic E-state index is 12.2. The molecule has 3 rings (SSSR count). The molecule has 0 saturated carbocycles. The van der Waals surface area contributed by atoms with Crippen LogP contribution in [0.25, 0.3) is 10.9 Å². The number of hydrogen-bond acceptors (Lipinski definition) is 3. The monoisotopic (exact) mass is 337 g/mol. The number of carboxylic acid groups (broad SMARTS) is 1. The van der Waals surface area contributed by atoms with Crippen LogP contribution in [0.4, 0.5) is 0 Å². The van der Waals surface area contributed by atoms with Crippen molar-refractivity contribution in [3.8, 4) is 0 Å². The van der Waals surface area contributed by atoms with E-state index in [4.69, 9.17) is 5.11 Å². The maximum atomic E-state index is 12.2. The average molecular weight is 337 g/mol. The molecule has 128 valence electrons. The van der Waals surface area contributed by atoms with Crippen LogP contribution in [0.1, 0.15) is 32.7 Å². The summed E-state index contributed by atoms with van der Waals surface area (Å²) in [5.41, 5.74) is 2.43. The number of amides is 1. The number of benzene rings is 2. The number of carbonyl (C=O) groups excluding carboxylic acids is 1. The van der Waals surface area contributed by atoms with Gasteiger partial charge in [-0.1, -0.05) is 24.3 Å². The number of fused-ring (bicyclic) bond motifs is 1. The fourth-order valence-corrected chi connectivity index (χ4v) is 2.75. The van der Waals surface area contributed by atoms with Crippen molar-refractivity contribution >= 4 is 22.8 Å². The number of aromatic carboxylic acids is 1. The highest BCUT2D eigenvalue weighted by Gasteiger charge is 2.15. The molecule has 0 atom stereocenters. The summed E-state index contributed by atoms with van der Waals surface area (Å²) < 4.78 is 1.92. The Balaban J connectivity index is 1.59. The Morgan fingerprint density at radius 1 is 1.16 bits per heavy atom. The highest BCUT2D eigenvalue weighted by molar-refractivity contribution is 6.04. The average Bonchev–Trinajstić information content (AvgIpc) is 3.00. The summed E-state index contributed by atoms with van der Waals surface area (Å²) in [4.78, 5) is 23.4. The van der Waals surface area contributed by atoms with Crippen LogP contribution in [-0.4, -0.2) is 33.3 Å². The molecule has 0 fully saturated rings. The molecule has 1 amide bonds. The first-order valence-electron chi connectivity index (χ1n) is 8.09. The van der Waals surface area contributed by atoms with Crippen molar-refractivity contribution in [3.05, 3.63) is 65.4 Å². The molecule has 1 aromatic heterocycles. The van der Waals surface area contributed by atoms with E-state index in [1.54, 1.807) is 12.1 Å². The number of carbonyl (C=O) groups is 2. The molecule has 0 unspecified atom stereocenters. The third-order valence-corrected chi connectivity index (χ3v) is 4.03. The van der Waals surface area contributed by atoms with Gasteiger partial charge < -0.3 is 10.4 Å². The Morgan fingerprint density at radius 2 is 1.92 bits per heavy atom. The molecule has 2 N–H and O–H groups in total. The standard InChI is InChI=1S/C19H19N3O3/c1-13-7-8-14-12-21-22(17(14)11-13)10-4-9-20-18(23)15-5-2-3-6-16(15)19(24)25/h2-3,5-8,11-12H,4,9-10H2,1H3,(H,20,23)(H,24,25). The van der Waals surface area contributed by atoms with Gasteiger partial charge in [-0.25, -0.2) is 4.79 Å². The van der Waals surface area contributed by atoms with E-state index in [1.165, 1.54) is 17.7 Å². The van der Waals surface area contributed by atoms with Gasteiger partial charge in [0.1, 0.15) is 0 Å². The van der Waals surface area contributed by atoms with Gasteiger partial charge in [0, 0.05) is 18.5 Å². The summed E-state index contributed by atoms with van der Waals surface area (Å²) in [6.07, 6.45) is 2.53. The summed E-state index contributed by atoms with van der Waals surface area (Å²) in [6, 6.07) is 12.4. The van der Waals surface area contributed by atoms with E-state index in [0.717, 1.165) is 10.9 Å². The van der Waals surface area contributed by atoms with E-state index in [2.05, 4.69) is 22.5 Å².